The van der Waals surface area contributed by atoms with Crippen LogP contribution < -0.4 is 5.32 Å². The number of halogens is 2. The molecule has 0 aliphatic heterocycles. The van der Waals surface area contributed by atoms with Gasteiger partial charge >= 0.3 is 5.88 Å². The third-order valence-electron chi connectivity index (χ3n) is 2.17. The summed E-state index contributed by atoms with van der Waals surface area (Å²) in [5, 5.41) is 13.3. The predicted molar refractivity (Wildman–Crippen MR) is 77.5 cm³/mol. The molecule has 0 saturated heterocycles. The summed E-state index contributed by atoms with van der Waals surface area (Å²) in [7, 11) is 0. The molecule has 2 rings (SSSR count). The van der Waals surface area contributed by atoms with Crippen LogP contribution in [0.25, 0.3) is 0 Å². The van der Waals surface area contributed by atoms with Crippen LogP contribution in [-0.2, 0) is 0 Å². The Kier molecular flexibility index (Phi) is 4.05. The third kappa shape index (κ3) is 3.24. The van der Waals surface area contributed by atoms with Crippen LogP contribution in [0.4, 0.5) is 11.6 Å². The highest BCUT2D eigenvalue weighted by atomic mass is 127. The molecule has 2 aromatic rings. The molecule has 1 heterocycles. The quantitative estimate of drug-likeness (QED) is 0.490. The van der Waals surface area contributed by atoms with Crippen LogP contribution >= 0.6 is 34.2 Å². The van der Waals surface area contributed by atoms with Crippen molar-refractivity contribution in [3.63, 3.8) is 0 Å². The molecule has 0 saturated carbocycles. The average Bonchev–Trinajstić information content (AvgIpc) is 2.82. The zero-order valence-electron chi connectivity index (χ0n) is 9.22. The molecule has 1 N–H and O–H groups in total. The Balaban J connectivity index is 2.18. The standard InChI is InChI=1S/C11H6ClIN2O4/c12-7-5-6(13)1-2-8(7)14-11(16)9-3-4-10(19-9)15(17)18/h1-5H,(H,14,16). The van der Waals surface area contributed by atoms with E-state index >= 15 is 0 Å². The second kappa shape index (κ2) is 5.57. The Labute approximate surface area is 126 Å². The largest absolute Gasteiger partial charge is 0.433 e. The second-order valence-corrected chi connectivity index (χ2v) is 5.13. The number of carbonyl (C=O) groups excluding carboxylic acids is 1. The van der Waals surface area contributed by atoms with Crippen molar-refractivity contribution in [1.82, 2.24) is 0 Å². The molecule has 0 radical (unpaired) electrons. The lowest BCUT2D eigenvalue weighted by Gasteiger charge is -2.05. The van der Waals surface area contributed by atoms with Crippen LogP contribution in [0.1, 0.15) is 10.6 Å². The maximum Gasteiger partial charge on any atom is 0.433 e. The van der Waals surface area contributed by atoms with Gasteiger partial charge in [0.1, 0.15) is 4.92 Å². The molecule has 0 unspecified atom stereocenters. The van der Waals surface area contributed by atoms with E-state index in [9.17, 15) is 14.9 Å². The summed E-state index contributed by atoms with van der Waals surface area (Å²) in [6.45, 7) is 0. The van der Waals surface area contributed by atoms with Crippen molar-refractivity contribution in [3.8, 4) is 0 Å². The van der Waals surface area contributed by atoms with Gasteiger partial charge < -0.3 is 9.73 Å². The normalized spacial score (nSPS) is 10.2. The first-order valence-corrected chi connectivity index (χ1v) is 6.43. The number of hydrogen-bond acceptors (Lipinski definition) is 4. The SMILES string of the molecule is O=C(Nc1ccc(I)cc1Cl)c1ccc([N+](=O)[O-])o1. The topological polar surface area (TPSA) is 85.4 Å². The van der Waals surface area contributed by atoms with Crippen molar-refractivity contribution in [3.05, 3.63) is 54.8 Å². The van der Waals surface area contributed by atoms with E-state index in [1.807, 2.05) is 0 Å². The molecule has 1 aromatic heterocycles. The first-order chi connectivity index (χ1) is 8.97. The Bertz CT molecular complexity index is 656. The van der Waals surface area contributed by atoms with Gasteiger partial charge in [-0.2, -0.15) is 0 Å². The Hall–Kier alpha value is -1.61. The predicted octanol–water partition coefficient (Wildman–Crippen LogP) is 3.70. The molecule has 8 heteroatoms. The molecule has 98 valence electrons. The van der Waals surface area contributed by atoms with Crippen LogP contribution in [-0.4, -0.2) is 10.8 Å². The summed E-state index contributed by atoms with van der Waals surface area (Å²) < 4.78 is 5.71. The number of nitro groups is 1. The van der Waals surface area contributed by atoms with Gasteiger partial charge in [0.25, 0.3) is 5.91 Å². The van der Waals surface area contributed by atoms with Crippen LogP contribution in [0.2, 0.25) is 5.02 Å². The fourth-order valence-corrected chi connectivity index (χ4v) is 2.23. The van der Waals surface area contributed by atoms with Gasteiger partial charge in [0.2, 0.25) is 0 Å². The monoisotopic (exact) mass is 392 g/mol. The molecule has 19 heavy (non-hydrogen) atoms. The highest BCUT2D eigenvalue weighted by molar-refractivity contribution is 14.1. The van der Waals surface area contributed by atoms with E-state index in [0.717, 1.165) is 9.64 Å². The summed E-state index contributed by atoms with van der Waals surface area (Å²) in [6, 6.07) is 7.44. The lowest BCUT2D eigenvalue weighted by Crippen LogP contribution is -2.11. The third-order valence-corrected chi connectivity index (χ3v) is 3.16. The fraction of sp³-hybridized carbons (Fsp3) is 0. The minimum Gasteiger partial charge on any atom is -0.395 e. The number of rotatable bonds is 3. The minimum absolute atomic E-state index is 0.152. The van der Waals surface area contributed by atoms with Gasteiger partial charge in [-0.25, -0.2) is 0 Å². The van der Waals surface area contributed by atoms with Gasteiger partial charge in [0, 0.05) is 3.57 Å². The maximum absolute atomic E-state index is 11.8. The molecule has 0 bridgehead atoms. The lowest BCUT2D eigenvalue weighted by molar-refractivity contribution is -0.402. The maximum atomic E-state index is 11.8. The number of nitrogens with zero attached hydrogens (tertiary/aromatic N) is 1. The Morgan fingerprint density at radius 2 is 2.11 bits per heavy atom. The van der Waals surface area contributed by atoms with Gasteiger partial charge in [0.05, 0.1) is 16.8 Å². The summed E-state index contributed by atoms with van der Waals surface area (Å²) in [5.41, 5.74) is 0.408. The summed E-state index contributed by atoms with van der Waals surface area (Å²) in [4.78, 5) is 21.5. The summed E-state index contributed by atoms with van der Waals surface area (Å²) in [6.07, 6.45) is 0. The van der Waals surface area contributed by atoms with E-state index in [0.29, 0.717) is 10.7 Å². The van der Waals surface area contributed by atoms with E-state index in [1.165, 1.54) is 6.07 Å². The van der Waals surface area contributed by atoms with E-state index < -0.39 is 16.7 Å². The van der Waals surface area contributed by atoms with Gasteiger partial charge in [0.15, 0.2) is 5.76 Å². The first-order valence-electron chi connectivity index (χ1n) is 4.98. The van der Waals surface area contributed by atoms with Gasteiger partial charge in [-0.1, -0.05) is 11.6 Å². The molecule has 6 nitrogen and oxygen atoms in total. The number of anilines is 1. The van der Waals surface area contributed by atoms with Crippen LogP contribution in [0, 0.1) is 13.7 Å². The minimum atomic E-state index is -0.714. The van der Waals surface area contributed by atoms with Crippen LogP contribution in [0.3, 0.4) is 0 Å². The van der Waals surface area contributed by atoms with Crippen molar-refractivity contribution in [2.24, 2.45) is 0 Å². The smallest absolute Gasteiger partial charge is 0.395 e. The van der Waals surface area contributed by atoms with Crippen molar-refractivity contribution in [1.29, 1.82) is 0 Å². The van der Waals surface area contributed by atoms with Gasteiger partial charge in [-0.3, -0.25) is 14.9 Å². The molecule has 1 aromatic carbocycles. The van der Waals surface area contributed by atoms with Crippen molar-refractivity contribution in [2.75, 3.05) is 5.32 Å². The van der Waals surface area contributed by atoms with Crippen LogP contribution in [0.5, 0.6) is 0 Å². The number of amides is 1. The van der Waals surface area contributed by atoms with E-state index in [1.54, 1.807) is 18.2 Å². The second-order valence-electron chi connectivity index (χ2n) is 3.47. The molecule has 0 spiro atoms. The highest BCUT2D eigenvalue weighted by Gasteiger charge is 2.18. The number of carbonyl (C=O) groups is 1. The van der Waals surface area contributed by atoms with E-state index in [-0.39, 0.29) is 5.76 Å². The zero-order valence-corrected chi connectivity index (χ0v) is 12.1. The van der Waals surface area contributed by atoms with Gasteiger partial charge in [-0.05, 0) is 46.9 Å². The number of furan rings is 1. The van der Waals surface area contributed by atoms with Gasteiger partial charge in [-0.15, -0.1) is 0 Å². The summed E-state index contributed by atoms with van der Waals surface area (Å²) >= 11 is 8.05. The molecule has 0 aliphatic rings. The Morgan fingerprint density at radius 3 is 2.68 bits per heavy atom. The molecule has 1 amide bonds. The van der Waals surface area contributed by atoms with Crippen molar-refractivity contribution in [2.45, 2.75) is 0 Å². The van der Waals surface area contributed by atoms with Crippen LogP contribution in [0.15, 0.2) is 34.7 Å². The van der Waals surface area contributed by atoms with E-state index in [2.05, 4.69) is 27.9 Å². The molecular weight excluding hydrogens is 386 g/mol. The fourth-order valence-electron chi connectivity index (χ4n) is 1.32. The number of hydrogen-bond donors (Lipinski definition) is 1. The lowest BCUT2D eigenvalue weighted by atomic mass is 10.3. The molecule has 0 aliphatic carbocycles. The average molecular weight is 393 g/mol. The Morgan fingerprint density at radius 1 is 1.37 bits per heavy atom. The molecule has 0 fully saturated rings. The van der Waals surface area contributed by atoms with Crippen molar-refractivity contribution < 1.29 is 14.1 Å². The first kappa shape index (κ1) is 13.8. The molecular formula is C11H6ClIN2O4. The zero-order chi connectivity index (χ0) is 14.0. The number of nitrogens with one attached hydrogen (secondary N) is 1. The summed E-state index contributed by atoms with van der Waals surface area (Å²) in [5.74, 6) is -1.24. The molecule has 0 atom stereocenters. The number of benzene rings is 1. The van der Waals surface area contributed by atoms with Crippen molar-refractivity contribution >= 4 is 51.7 Å². The highest BCUT2D eigenvalue weighted by Crippen LogP contribution is 2.25. The van der Waals surface area contributed by atoms with E-state index in [4.69, 9.17) is 16.0 Å².